The third-order valence-electron chi connectivity index (χ3n) is 4.19. The summed E-state index contributed by atoms with van der Waals surface area (Å²) in [5, 5.41) is 31.9. The number of benzene rings is 2. The standard InChI is InChI=1S/C21H18N2O7S/c1-3-30-21(26)18-19(25)17(10-12-4-9-15(29-2)11-16(12)24)31-20(18)22-13-5-7-14(8-6-13)23(27)28/h4-11,24-25H,3H2,1-2H3/b17-10+,22-20?. The summed E-state index contributed by atoms with van der Waals surface area (Å²) in [6.45, 7) is 1.74. The molecule has 2 aromatic rings. The van der Waals surface area contributed by atoms with Crippen LogP contribution in [0.5, 0.6) is 11.5 Å². The number of phenolic OH excluding ortho intramolecular Hbond substituents is 1. The average molecular weight is 442 g/mol. The van der Waals surface area contributed by atoms with Crippen LogP contribution < -0.4 is 4.74 Å². The summed E-state index contributed by atoms with van der Waals surface area (Å²) in [7, 11) is 1.47. The number of thioether (sulfide) groups is 1. The zero-order chi connectivity index (χ0) is 22.5. The SMILES string of the molecule is CCOC(=O)C1=C(O)/C(=C\c2ccc(OC)cc2O)SC1=Nc1ccc([N+](=O)[O-])cc1. The van der Waals surface area contributed by atoms with Crippen molar-refractivity contribution in [3.05, 3.63) is 74.4 Å². The lowest BCUT2D eigenvalue weighted by atomic mass is 10.1. The van der Waals surface area contributed by atoms with Gasteiger partial charge in [-0.2, -0.15) is 0 Å². The summed E-state index contributed by atoms with van der Waals surface area (Å²) < 4.78 is 10.1. The molecular formula is C21H18N2O7S. The van der Waals surface area contributed by atoms with E-state index in [0.717, 1.165) is 11.8 Å². The molecule has 1 aliphatic heterocycles. The highest BCUT2D eigenvalue weighted by Crippen LogP contribution is 2.41. The Kier molecular flexibility index (Phi) is 6.61. The van der Waals surface area contributed by atoms with Gasteiger partial charge in [0.25, 0.3) is 5.69 Å². The van der Waals surface area contributed by atoms with Crippen LogP contribution in [-0.2, 0) is 9.53 Å². The van der Waals surface area contributed by atoms with Crippen LogP contribution in [0.4, 0.5) is 11.4 Å². The molecule has 0 atom stereocenters. The molecule has 2 N–H and O–H groups in total. The quantitative estimate of drug-likeness (QED) is 0.380. The molecule has 0 amide bonds. The van der Waals surface area contributed by atoms with Crippen LogP contribution in [0.25, 0.3) is 6.08 Å². The Labute approximate surface area is 181 Å². The number of esters is 1. The monoisotopic (exact) mass is 442 g/mol. The average Bonchev–Trinajstić information content (AvgIpc) is 3.04. The van der Waals surface area contributed by atoms with E-state index < -0.39 is 10.9 Å². The first-order valence-corrected chi connectivity index (χ1v) is 9.86. The topological polar surface area (TPSA) is 131 Å². The number of methoxy groups -OCH3 is 1. The summed E-state index contributed by atoms with van der Waals surface area (Å²) in [6, 6.07) is 10.1. The van der Waals surface area contributed by atoms with E-state index in [9.17, 15) is 25.1 Å². The van der Waals surface area contributed by atoms with Gasteiger partial charge in [0.05, 0.1) is 29.2 Å². The van der Waals surface area contributed by atoms with E-state index >= 15 is 0 Å². The molecule has 0 saturated carbocycles. The predicted octanol–water partition coefficient (Wildman–Crippen LogP) is 4.50. The maximum Gasteiger partial charge on any atom is 0.344 e. The lowest BCUT2D eigenvalue weighted by molar-refractivity contribution is -0.384. The number of aliphatic hydroxyl groups excluding tert-OH is 1. The maximum atomic E-state index is 12.4. The maximum absolute atomic E-state index is 12.4. The molecule has 3 rings (SSSR count). The number of aliphatic imine (C=N–C) groups is 1. The molecule has 0 aromatic heterocycles. The van der Waals surface area contributed by atoms with Gasteiger partial charge < -0.3 is 19.7 Å². The summed E-state index contributed by atoms with van der Waals surface area (Å²) in [5.41, 5.74) is 0.540. The van der Waals surface area contributed by atoms with Crippen molar-refractivity contribution in [1.29, 1.82) is 0 Å². The van der Waals surface area contributed by atoms with E-state index in [1.165, 1.54) is 43.5 Å². The first-order chi connectivity index (χ1) is 14.8. The summed E-state index contributed by atoms with van der Waals surface area (Å²) in [4.78, 5) is 27.4. The van der Waals surface area contributed by atoms with Crippen molar-refractivity contribution >= 4 is 40.2 Å². The molecular weight excluding hydrogens is 424 g/mol. The Hall–Kier alpha value is -3.79. The van der Waals surface area contributed by atoms with Crippen molar-refractivity contribution in [2.24, 2.45) is 4.99 Å². The third-order valence-corrected chi connectivity index (χ3v) is 5.21. The van der Waals surface area contributed by atoms with Crippen molar-refractivity contribution in [3.63, 3.8) is 0 Å². The van der Waals surface area contributed by atoms with Crippen LogP contribution in [-0.4, -0.2) is 39.9 Å². The summed E-state index contributed by atoms with van der Waals surface area (Å²) >= 11 is 1.01. The number of ether oxygens (including phenoxy) is 2. The molecule has 0 aliphatic carbocycles. The molecule has 0 bridgehead atoms. The van der Waals surface area contributed by atoms with E-state index in [0.29, 0.717) is 17.0 Å². The number of aromatic hydroxyl groups is 1. The smallest absolute Gasteiger partial charge is 0.344 e. The molecule has 1 heterocycles. The number of carbonyl (C=O) groups excluding carboxylic acids is 1. The first-order valence-electron chi connectivity index (χ1n) is 9.04. The van der Waals surface area contributed by atoms with Crippen LogP contribution in [0.3, 0.4) is 0 Å². The van der Waals surface area contributed by atoms with Gasteiger partial charge in [-0.15, -0.1) is 0 Å². The molecule has 1 aliphatic rings. The molecule has 0 spiro atoms. The van der Waals surface area contributed by atoms with E-state index in [2.05, 4.69) is 4.99 Å². The van der Waals surface area contributed by atoms with Crippen molar-refractivity contribution in [3.8, 4) is 11.5 Å². The number of non-ortho nitro benzene ring substituents is 1. The third kappa shape index (κ3) is 4.86. The summed E-state index contributed by atoms with van der Waals surface area (Å²) in [6.07, 6.45) is 1.51. The van der Waals surface area contributed by atoms with Crippen LogP contribution in [0.2, 0.25) is 0 Å². The van der Waals surface area contributed by atoms with Gasteiger partial charge in [-0.25, -0.2) is 9.79 Å². The van der Waals surface area contributed by atoms with Gasteiger partial charge in [0, 0.05) is 23.8 Å². The molecule has 2 aromatic carbocycles. The molecule has 0 fully saturated rings. The Balaban J connectivity index is 2.02. The second kappa shape index (κ2) is 9.35. The normalized spacial score (nSPS) is 16.1. The van der Waals surface area contributed by atoms with Crippen molar-refractivity contribution in [2.45, 2.75) is 6.92 Å². The molecule has 10 heteroatoms. The van der Waals surface area contributed by atoms with Crippen molar-refractivity contribution < 1.29 is 29.4 Å². The van der Waals surface area contributed by atoms with Crippen molar-refractivity contribution in [2.75, 3.05) is 13.7 Å². The number of hydrogen-bond donors (Lipinski definition) is 2. The Morgan fingerprint density at radius 1 is 1.23 bits per heavy atom. The van der Waals surface area contributed by atoms with Gasteiger partial charge in [-0.05, 0) is 37.3 Å². The predicted molar refractivity (Wildman–Crippen MR) is 117 cm³/mol. The van der Waals surface area contributed by atoms with Gasteiger partial charge in [0.15, 0.2) is 0 Å². The molecule has 160 valence electrons. The summed E-state index contributed by atoms with van der Waals surface area (Å²) in [5.74, 6) is -0.695. The van der Waals surface area contributed by atoms with Crippen LogP contribution in [0.1, 0.15) is 12.5 Å². The van der Waals surface area contributed by atoms with E-state index in [4.69, 9.17) is 9.47 Å². The number of nitro benzene ring substituents is 1. The molecule has 31 heavy (non-hydrogen) atoms. The van der Waals surface area contributed by atoms with Crippen LogP contribution in [0, 0.1) is 10.1 Å². The lowest BCUT2D eigenvalue weighted by Gasteiger charge is -2.04. The second-order valence-electron chi connectivity index (χ2n) is 6.17. The van der Waals surface area contributed by atoms with E-state index in [1.54, 1.807) is 19.1 Å². The van der Waals surface area contributed by atoms with Crippen LogP contribution in [0.15, 0.2) is 63.7 Å². The van der Waals surface area contributed by atoms with Gasteiger partial charge in [-0.1, -0.05) is 11.8 Å². The minimum absolute atomic E-state index is 0.0707. The Morgan fingerprint density at radius 3 is 2.52 bits per heavy atom. The number of carbonyl (C=O) groups is 1. The highest BCUT2D eigenvalue weighted by Gasteiger charge is 2.33. The zero-order valence-corrected chi connectivity index (χ0v) is 17.4. The minimum Gasteiger partial charge on any atom is -0.507 e. The fraction of sp³-hybridized carbons (Fsp3) is 0.143. The van der Waals surface area contributed by atoms with Crippen molar-refractivity contribution in [1.82, 2.24) is 0 Å². The number of aliphatic hydroxyl groups is 1. The highest BCUT2D eigenvalue weighted by molar-refractivity contribution is 8.18. The fourth-order valence-corrected chi connectivity index (χ4v) is 3.70. The zero-order valence-electron chi connectivity index (χ0n) is 16.6. The number of hydrogen-bond acceptors (Lipinski definition) is 9. The van der Waals surface area contributed by atoms with Gasteiger partial charge in [0.1, 0.15) is 27.9 Å². The number of nitro groups is 1. The fourth-order valence-electron chi connectivity index (χ4n) is 2.67. The number of nitrogens with zero attached hydrogens (tertiary/aromatic N) is 2. The Bertz CT molecular complexity index is 1120. The van der Waals surface area contributed by atoms with Crippen LogP contribution >= 0.6 is 11.8 Å². The highest BCUT2D eigenvalue weighted by atomic mass is 32.2. The first kappa shape index (κ1) is 21.9. The second-order valence-corrected chi connectivity index (χ2v) is 7.20. The molecule has 0 saturated heterocycles. The number of rotatable bonds is 6. The lowest BCUT2D eigenvalue weighted by Crippen LogP contribution is -2.12. The number of phenols is 1. The van der Waals surface area contributed by atoms with Gasteiger partial charge in [-0.3, -0.25) is 10.1 Å². The minimum atomic E-state index is -0.754. The molecule has 0 unspecified atom stereocenters. The van der Waals surface area contributed by atoms with E-state index in [-0.39, 0.29) is 39.3 Å². The van der Waals surface area contributed by atoms with Gasteiger partial charge in [0.2, 0.25) is 0 Å². The molecule has 9 nitrogen and oxygen atoms in total. The van der Waals surface area contributed by atoms with E-state index in [1.807, 2.05) is 0 Å². The largest absolute Gasteiger partial charge is 0.507 e. The Morgan fingerprint density at radius 2 is 1.94 bits per heavy atom. The van der Waals surface area contributed by atoms with Gasteiger partial charge >= 0.3 is 5.97 Å². The molecule has 0 radical (unpaired) electrons.